The van der Waals surface area contributed by atoms with Gasteiger partial charge in [-0.1, -0.05) is 19.3 Å². The molecule has 2 aliphatic rings. The molecule has 1 aliphatic heterocycles. The fourth-order valence-electron chi connectivity index (χ4n) is 3.45. The maximum atomic E-state index is 12.6. The van der Waals surface area contributed by atoms with Gasteiger partial charge < -0.3 is 9.88 Å². The molecule has 0 spiro atoms. The number of carbonyl (C=O) groups excluding carboxylic acids is 1. The van der Waals surface area contributed by atoms with Gasteiger partial charge in [0.05, 0.1) is 18.7 Å². The minimum Gasteiger partial charge on any atom is -0.336 e. The van der Waals surface area contributed by atoms with Crippen molar-refractivity contribution in [2.45, 2.75) is 63.7 Å². The van der Waals surface area contributed by atoms with E-state index in [1.165, 1.54) is 0 Å². The number of fused-ring (bicyclic) bond motifs is 1. The lowest BCUT2D eigenvalue weighted by Crippen LogP contribution is -2.55. The van der Waals surface area contributed by atoms with E-state index in [2.05, 4.69) is 25.8 Å². The van der Waals surface area contributed by atoms with Crippen LogP contribution in [0.25, 0.3) is 0 Å². The quantitative estimate of drug-likeness (QED) is 0.916. The van der Waals surface area contributed by atoms with Gasteiger partial charge in [-0.25, -0.2) is 4.98 Å². The number of hydrogen-bond donors (Lipinski definition) is 1. The van der Waals surface area contributed by atoms with Crippen LogP contribution in [0.2, 0.25) is 0 Å². The molecule has 1 N–H and O–H groups in total. The molecule has 118 valence electrons. The van der Waals surface area contributed by atoms with Crippen LogP contribution in [0.1, 0.15) is 44.9 Å². The van der Waals surface area contributed by atoms with Crippen molar-refractivity contribution in [2.75, 3.05) is 6.54 Å². The molecule has 1 aromatic heterocycles. The number of amides is 1. The molecule has 22 heavy (non-hydrogen) atoms. The third-order valence-corrected chi connectivity index (χ3v) is 4.99. The van der Waals surface area contributed by atoms with Crippen molar-refractivity contribution >= 4 is 5.91 Å². The predicted octanol–water partition coefficient (Wildman–Crippen LogP) is 1.43. The Morgan fingerprint density at radius 3 is 2.91 bits per heavy atom. The zero-order valence-electron chi connectivity index (χ0n) is 13.1. The van der Waals surface area contributed by atoms with Crippen molar-refractivity contribution in [1.29, 1.82) is 5.26 Å². The van der Waals surface area contributed by atoms with Crippen molar-refractivity contribution in [3.63, 3.8) is 0 Å². The van der Waals surface area contributed by atoms with E-state index in [9.17, 15) is 10.1 Å². The molecule has 1 amide bonds. The molecule has 1 atom stereocenters. The van der Waals surface area contributed by atoms with E-state index >= 15 is 0 Å². The third-order valence-electron chi connectivity index (χ3n) is 4.99. The first-order valence-corrected chi connectivity index (χ1v) is 8.11. The number of rotatable bonds is 3. The lowest BCUT2D eigenvalue weighted by atomic mass is 9.82. The Morgan fingerprint density at radius 2 is 2.18 bits per heavy atom. The van der Waals surface area contributed by atoms with Crippen LogP contribution in [-0.2, 0) is 17.9 Å². The number of carbonyl (C=O) groups is 1. The van der Waals surface area contributed by atoms with E-state index in [1.807, 2.05) is 13.1 Å². The molecule has 1 aliphatic carbocycles. The van der Waals surface area contributed by atoms with Crippen LogP contribution < -0.4 is 5.32 Å². The van der Waals surface area contributed by atoms with E-state index in [0.717, 1.165) is 51.0 Å². The van der Waals surface area contributed by atoms with E-state index in [-0.39, 0.29) is 11.9 Å². The molecule has 0 bridgehead atoms. The van der Waals surface area contributed by atoms with E-state index < -0.39 is 5.54 Å². The highest BCUT2D eigenvalue weighted by atomic mass is 16.2. The molecule has 0 saturated heterocycles. The fourth-order valence-corrected chi connectivity index (χ4v) is 3.45. The van der Waals surface area contributed by atoms with Crippen LogP contribution in [0.5, 0.6) is 0 Å². The Kier molecular flexibility index (Phi) is 4.16. The van der Waals surface area contributed by atoms with E-state index in [4.69, 9.17) is 0 Å². The second kappa shape index (κ2) is 6.09. The normalized spacial score (nSPS) is 22.4. The second-order valence-corrected chi connectivity index (χ2v) is 6.43. The summed E-state index contributed by atoms with van der Waals surface area (Å²) in [5.41, 5.74) is -0.655. The van der Waals surface area contributed by atoms with Gasteiger partial charge >= 0.3 is 0 Å². The fraction of sp³-hybridized carbons (Fsp3) is 0.688. The first-order valence-electron chi connectivity index (χ1n) is 8.11. The summed E-state index contributed by atoms with van der Waals surface area (Å²) in [5, 5.41) is 12.5. The summed E-state index contributed by atoms with van der Waals surface area (Å²) in [6, 6.07) is 2.11. The predicted molar refractivity (Wildman–Crippen MR) is 81.7 cm³/mol. The van der Waals surface area contributed by atoms with Crippen LogP contribution in [0.4, 0.5) is 0 Å². The maximum Gasteiger partial charge on any atom is 0.238 e. The topological polar surface area (TPSA) is 74.0 Å². The molecule has 0 radical (unpaired) electrons. The largest absolute Gasteiger partial charge is 0.336 e. The van der Waals surface area contributed by atoms with Crippen LogP contribution in [0.3, 0.4) is 0 Å². The highest BCUT2D eigenvalue weighted by Gasteiger charge is 2.36. The summed E-state index contributed by atoms with van der Waals surface area (Å²) in [5.74, 6) is 0.960. The van der Waals surface area contributed by atoms with Crippen molar-refractivity contribution in [3.05, 3.63) is 18.2 Å². The number of nitriles is 1. The molecule has 0 aromatic carbocycles. The summed E-state index contributed by atoms with van der Waals surface area (Å²) >= 11 is 0. The van der Waals surface area contributed by atoms with Crippen molar-refractivity contribution in [3.8, 4) is 6.07 Å². The summed E-state index contributed by atoms with van der Waals surface area (Å²) in [4.78, 5) is 19.1. The second-order valence-electron chi connectivity index (χ2n) is 6.43. The molecule has 1 unspecified atom stereocenters. The monoisotopic (exact) mass is 301 g/mol. The minimum absolute atomic E-state index is 0.0385. The smallest absolute Gasteiger partial charge is 0.238 e. The lowest BCUT2D eigenvalue weighted by Gasteiger charge is -2.36. The van der Waals surface area contributed by atoms with Gasteiger partial charge in [0.2, 0.25) is 5.91 Å². The lowest BCUT2D eigenvalue weighted by molar-refractivity contribution is -0.128. The van der Waals surface area contributed by atoms with Crippen LogP contribution in [0.15, 0.2) is 12.4 Å². The molecule has 1 aromatic rings. The third kappa shape index (κ3) is 2.86. The Balaban J connectivity index is 1.64. The van der Waals surface area contributed by atoms with Gasteiger partial charge in [-0.2, -0.15) is 5.26 Å². The Bertz CT molecular complexity index is 582. The van der Waals surface area contributed by atoms with Crippen molar-refractivity contribution < 1.29 is 4.79 Å². The van der Waals surface area contributed by atoms with Crippen LogP contribution in [-0.4, -0.2) is 38.5 Å². The van der Waals surface area contributed by atoms with Crippen LogP contribution >= 0.6 is 0 Å². The maximum absolute atomic E-state index is 12.6. The zero-order valence-corrected chi connectivity index (χ0v) is 13.1. The number of nitrogens with one attached hydrogen (secondary N) is 1. The summed E-state index contributed by atoms with van der Waals surface area (Å²) in [6.07, 6.45) is 8.51. The molecule has 1 saturated carbocycles. The molecular weight excluding hydrogens is 278 g/mol. The average molecular weight is 301 g/mol. The number of aromatic nitrogens is 2. The van der Waals surface area contributed by atoms with Gasteiger partial charge in [0.25, 0.3) is 0 Å². The molecule has 6 heteroatoms. The summed E-state index contributed by atoms with van der Waals surface area (Å²) in [6.45, 7) is 4.29. The molecule has 6 nitrogen and oxygen atoms in total. The Morgan fingerprint density at radius 1 is 1.41 bits per heavy atom. The van der Waals surface area contributed by atoms with Gasteiger partial charge in [0, 0.05) is 25.5 Å². The van der Waals surface area contributed by atoms with Crippen molar-refractivity contribution in [1.82, 2.24) is 19.8 Å². The van der Waals surface area contributed by atoms with Gasteiger partial charge in [-0.15, -0.1) is 0 Å². The number of nitrogens with zero attached hydrogens (tertiary/aromatic N) is 4. The first kappa shape index (κ1) is 15.0. The summed E-state index contributed by atoms with van der Waals surface area (Å²) in [7, 11) is 0. The zero-order chi connectivity index (χ0) is 15.6. The SMILES string of the molecule is CC(C(=O)NC1(C#N)CCCCC1)N1CCn2ccnc2C1. The van der Waals surface area contributed by atoms with Gasteiger partial charge in [-0.3, -0.25) is 9.69 Å². The standard InChI is InChI=1S/C16H23N5O/c1-13(21-10-9-20-8-7-18-14(20)11-21)15(22)19-16(12-17)5-3-2-4-6-16/h7-8,13H,2-6,9-11H2,1H3,(H,19,22). The summed E-state index contributed by atoms with van der Waals surface area (Å²) < 4.78 is 2.12. The van der Waals surface area contributed by atoms with Gasteiger partial charge in [0.1, 0.15) is 11.4 Å². The minimum atomic E-state index is -0.655. The van der Waals surface area contributed by atoms with Crippen LogP contribution in [0, 0.1) is 11.3 Å². The van der Waals surface area contributed by atoms with E-state index in [0.29, 0.717) is 6.54 Å². The highest BCUT2D eigenvalue weighted by Crippen LogP contribution is 2.28. The van der Waals surface area contributed by atoms with Crippen molar-refractivity contribution in [2.24, 2.45) is 0 Å². The highest BCUT2D eigenvalue weighted by molar-refractivity contribution is 5.82. The molecular formula is C16H23N5O. The molecule has 1 fully saturated rings. The molecule has 3 rings (SSSR count). The van der Waals surface area contributed by atoms with Gasteiger partial charge in [-0.05, 0) is 19.8 Å². The Hall–Kier alpha value is -1.87. The number of hydrogen-bond acceptors (Lipinski definition) is 4. The Labute approximate surface area is 131 Å². The first-order chi connectivity index (χ1) is 10.6. The van der Waals surface area contributed by atoms with Gasteiger partial charge in [0.15, 0.2) is 0 Å². The number of imidazole rings is 1. The van der Waals surface area contributed by atoms with E-state index in [1.54, 1.807) is 6.20 Å². The average Bonchev–Trinajstić information content (AvgIpc) is 3.02. The molecule has 2 heterocycles.